The van der Waals surface area contributed by atoms with Gasteiger partial charge in [-0.05, 0) is 36.4 Å². The number of nitrogens with zero attached hydrogens (tertiary/aromatic N) is 1. The highest BCUT2D eigenvalue weighted by Gasteiger charge is 2.08. The maximum atomic E-state index is 11.9. The van der Waals surface area contributed by atoms with Crippen LogP contribution in [-0.2, 0) is 4.79 Å². The number of rotatable bonds is 6. The van der Waals surface area contributed by atoms with E-state index in [4.69, 9.17) is 0 Å². The van der Waals surface area contributed by atoms with E-state index in [1.807, 2.05) is 12.1 Å². The molecule has 23 heavy (non-hydrogen) atoms. The van der Waals surface area contributed by atoms with E-state index in [1.165, 1.54) is 6.20 Å². The molecule has 0 unspecified atom stereocenters. The zero-order chi connectivity index (χ0) is 16.7. The molecular formula is C16H15BrN4O2. The number of amides is 2. The fourth-order valence-corrected chi connectivity index (χ4v) is 1.96. The molecule has 0 radical (unpaired) electrons. The Morgan fingerprint density at radius 3 is 2.52 bits per heavy atom. The average Bonchev–Trinajstić information content (AvgIpc) is 2.55. The molecule has 2 amide bonds. The first kappa shape index (κ1) is 16.7. The summed E-state index contributed by atoms with van der Waals surface area (Å²) >= 11 is 3.32. The summed E-state index contributed by atoms with van der Waals surface area (Å²) < 4.78 is 0.930. The second-order valence-electron chi connectivity index (χ2n) is 4.66. The molecule has 118 valence electrons. The van der Waals surface area contributed by atoms with Crippen LogP contribution in [0.4, 0.5) is 5.69 Å². The molecule has 0 aliphatic heterocycles. The molecule has 2 rings (SSSR count). The Kier molecular flexibility index (Phi) is 5.87. The van der Waals surface area contributed by atoms with Gasteiger partial charge in [-0.3, -0.25) is 20.0 Å². The van der Waals surface area contributed by atoms with Gasteiger partial charge in [-0.25, -0.2) is 0 Å². The van der Waals surface area contributed by atoms with Crippen LogP contribution in [0.1, 0.15) is 16.8 Å². The zero-order valence-corrected chi connectivity index (χ0v) is 13.8. The lowest BCUT2D eigenvalue weighted by atomic mass is 10.3. The predicted octanol–water partition coefficient (Wildman–Crippen LogP) is 2.62. The number of pyridine rings is 1. The highest BCUT2D eigenvalue weighted by molar-refractivity contribution is 9.10. The van der Waals surface area contributed by atoms with Gasteiger partial charge in [-0.15, -0.1) is 0 Å². The molecule has 0 spiro atoms. The molecule has 1 aromatic carbocycles. The van der Waals surface area contributed by atoms with E-state index in [0.29, 0.717) is 16.9 Å². The fraction of sp³-hybridized carbons (Fsp3) is 0.0625. The standard InChI is InChI=1S/C16H15BrN4O2/c1-11(20-21-16(23)12-3-2-8-18-10-12)9-15(22)19-14-6-4-13(17)5-7-14/h2-8,10,20H,1,9H2,(H,19,22)(H,21,23). The lowest BCUT2D eigenvalue weighted by Crippen LogP contribution is -2.37. The van der Waals surface area contributed by atoms with Crippen molar-refractivity contribution < 1.29 is 9.59 Å². The summed E-state index contributed by atoms with van der Waals surface area (Å²) in [6, 6.07) is 10.5. The van der Waals surface area contributed by atoms with Crippen molar-refractivity contribution >= 4 is 33.4 Å². The van der Waals surface area contributed by atoms with Gasteiger partial charge < -0.3 is 10.7 Å². The maximum absolute atomic E-state index is 11.9. The predicted molar refractivity (Wildman–Crippen MR) is 91.4 cm³/mol. The Labute approximate surface area is 142 Å². The van der Waals surface area contributed by atoms with Crippen molar-refractivity contribution in [2.75, 3.05) is 5.32 Å². The van der Waals surface area contributed by atoms with Crippen LogP contribution in [0.25, 0.3) is 0 Å². The summed E-state index contributed by atoms with van der Waals surface area (Å²) in [7, 11) is 0. The van der Waals surface area contributed by atoms with Crippen molar-refractivity contribution in [2.24, 2.45) is 0 Å². The van der Waals surface area contributed by atoms with E-state index >= 15 is 0 Å². The Morgan fingerprint density at radius 1 is 1.13 bits per heavy atom. The topological polar surface area (TPSA) is 83.1 Å². The van der Waals surface area contributed by atoms with Gasteiger partial charge in [0.2, 0.25) is 5.91 Å². The smallest absolute Gasteiger partial charge is 0.271 e. The maximum Gasteiger partial charge on any atom is 0.271 e. The Bertz CT molecular complexity index is 702. The molecule has 0 saturated carbocycles. The van der Waals surface area contributed by atoms with E-state index in [1.54, 1.807) is 30.5 Å². The summed E-state index contributed by atoms with van der Waals surface area (Å²) in [6.45, 7) is 3.71. The van der Waals surface area contributed by atoms with Crippen LogP contribution in [0, 0.1) is 0 Å². The first-order valence-electron chi connectivity index (χ1n) is 6.74. The summed E-state index contributed by atoms with van der Waals surface area (Å²) in [4.78, 5) is 27.5. The van der Waals surface area contributed by atoms with Gasteiger partial charge >= 0.3 is 0 Å². The van der Waals surface area contributed by atoms with Crippen molar-refractivity contribution in [2.45, 2.75) is 6.42 Å². The van der Waals surface area contributed by atoms with E-state index in [0.717, 1.165) is 4.47 Å². The minimum atomic E-state index is -0.354. The van der Waals surface area contributed by atoms with E-state index < -0.39 is 0 Å². The van der Waals surface area contributed by atoms with Gasteiger partial charge in [0, 0.05) is 28.3 Å². The number of anilines is 1. The molecule has 0 saturated heterocycles. The molecule has 1 heterocycles. The number of nitrogens with one attached hydrogen (secondary N) is 3. The molecule has 0 bridgehead atoms. The SMILES string of the molecule is C=C(CC(=O)Nc1ccc(Br)cc1)NNC(=O)c1cccnc1. The van der Waals surface area contributed by atoms with Crippen LogP contribution >= 0.6 is 15.9 Å². The number of hydrogen-bond donors (Lipinski definition) is 3. The first-order chi connectivity index (χ1) is 11.0. The Morgan fingerprint density at radius 2 is 1.87 bits per heavy atom. The average molecular weight is 375 g/mol. The summed E-state index contributed by atoms with van der Waals surface area (Å²) in [5.41, 5.74) is 6.54. The Hall–Kier alpha value is -2.67. The van der Waals surface area contributed by atoms with Crippen molar-refractivity contribution in [3.63, 3.8) is 0 Å². The lowest BCUT2D eigenvalue weighted by Gasteiger charge is -2.11. The van der Waals surface area contributed by atoms with Crippen LogP contribution in [-0.4, -0.2) is 16.8 Å². The van der Waals surface area contributed by atoms with Crippen molar-refractivity contribution in [3.05, 3.63) is 71.1 Å². The molecular weight excluding hydrogens is 360 g/mol. The van der Waals surface area contributed by atoms with E-state index in [9.17, 15) is 9.59 Å². The third-order valence-electron chi connectivity index (χ3n) is 2.78. The lowest BCUT2D eigenvalue weighted by molar-refractivity contribution is -0.115. The zero-order valence-electron chi connectivity index (χ0n) is 12.2. The summed E-state index contributed by atoms with van der Waals surface area (Å²) in [5.74, 6) is -0.590. The van der Waals surface area contributed by atoms with Crippen LogP contribution in [0.3, 0.4) is 0 Å². The highest BCUT2D eigenvalue weighted by atomic mass is 79.9. The van der Waals surface area contributed by atoms with Gasteiger partial charge in [-0.2, -0.15) is 0 Å². The van der Waals surface area contributed by atoms with Crippen LogP contribution in [0.5, 0.6) is 0 Å². The number of hydrogen-bond acceptors (Lipinski definition) is 4. The minimum absolute atomic E-state index is 0.0311. The van der Waals surface area contributed by atoms with Gasteiger partial charge in [0.25, 0.3) is 5.91 Å². The molecule has 0 atom stereocenters. The van der Waals surface area contributed by atoms with E-state index in [2.05, 4.69) is 43.7 Å². The van der Waals surface area contributed by atoms with Gasteiger partial charge in [-0.1, -0.05) is 22.5 Å². The number of carbonyl (C=O) groups excluding carboxylic acids is 2. The van der Waals surface area contributed by atoms with Gasteiger partial charge in [0.1, 0.15) is 0 Å². The van der Waals surface area contributed by atoms with Crippen LogP contribution < -0.4 is 16.2 Å². The monoisotopic (exact) mass is 374 g/mol. The third-order valence-corrected chi connectivity index (χ3v) is 3.31. The number of hydrazine groups is 1. The number of carbonyl (C=O) groups is 2. The van der Waals surface area contributed by atoms with E-state index in [-0.39, 0.29) is 18.2 Å². The largest absolute Gasteiger partial charge is 0.326 e. The molecule has 2 aromatic rings. The number of aromatic nitrogens is 1. The third kappa shape index (κ3) is 5.55. The van der Waals surface area contributed by atoms with Crippen molar-refractivity contribution in [1.82, 2.24) is 15.8 Å². The normalized spacial score (nSPS) is 9.78. The number of benzene rings is 1. The van der Waals surface area contributed by atoms with Crippen molar-refractivity contribution in [3.8, 4) is 0 Å². The highest BCUT2D eigenvalue weighted by Crippen LogP contribution is 2.14. The molecule has 0 aliphatic rings. The van der Waals surface area contributed by atoms with Crippen LogP contribution in [0.15, 0.2) is 65.5 Å². The van der Waals surface area contributed by atoms with Crippen molar-refractivity contribution in [1.29, 1.82) is 0 Å². The molecule has 0 aliphatic carbocycles. The molecule has 1 aromatic heterocycles. The molecule has 6 nitrogen and oxygen atoms in total. The second-order valence-corrected chi connectivity index (χ2v) is 5.57. The molecule has 0 fully saturated rings. The summed E-state index contributed by atoms with van der Waals surface area (Å²) in [5, 5.41) is 2.74. The number of halogens is 1. The van der Waals surface area contributed by atoms with Gasteiger partial charge in [0.15, 0.2) is 0 Å². The summed E-state index contributed by atoms with van der Waals surface area (Å²) in [6.07, 6.45) is 3.05. The molecule has 3 N–H and O–H groups in total. The Balaban J connectivity index is 1.77. The fourth-order valence-electron chi connectivity index (χ4n) is 1.69. The second kappa shape index (κ2) is 8.09. The first-order valence-corrected chi connectivity index (χ1v) is 7.53. The molecule has 7 heteroatoms. The van der Waals surface area contributed by atoms with Gasteiger partial charge in [0.05, 0.1) is 12.0 Å². The minimum Gasteiger partial charge on any atom is -0.326 e. The quantitative estimate of drug-likeness (QED) is 0.678. The van der Waals surface area contributed by atoms with Crippen LogP contribution in [0.2, 0.25) is 0 Å².